The van der Waals surface area contributed by atoms with E-state index in [2.05, 4.69) is 10.3 Å². The van der Waals surface area contributed by atoms with Crippen molar-refractivity contribution in [1.82, 2.24) is 9.29 Å². The fourth-order valence-electron chi connectivity index (χ4n) is 3.02. The van der Waals surface area contributed by atoms with Crippen LogP contribution in [0.5, 0.6) is 5.75 Å². The van der Waals surface area contributed by atoms with Gasteiger partial charge < -0.3 is 14.5 Å². The molecule has 1 aromatic carbocycles. The molecule has 0 aliphatic heterocycles. The van der Waals surface area contributed by atoms with Crippen LogP contribution in [0.25, 0.3) is 10.8 Å². The number of thiazole rings is 1. The van der Waals surface area contributed by atoms with E-state index in [-0.39, 0.29) is 17.2 Å². The van der Waals surface area contributed by atoms with E-state index >= 15 is 0 Å². The highest BCUT2D eigenvalue weighted by molar-refractivity contribution is 7.89. The molecule has 2 aromatic heterocycles. The summed E-state index contributed by atoms with van der Waals surface area (Å²) in [6.07, 6.45) is 1.60. The maximum atomic E-state index is 12.9. The molecule has 0 atom stereocenters. The number of amides is 1. The predicted molar refractivity (Wildman–Crippen MR) is 120 cm³/mol. The summed E-state index contributed by atoms with van der Waals surface area (Å²) >= 11 is 1.39. The number of anilines is 1. The van der Waals surface area contributed by atoms with E-state index in [1.807, 2.05) is 6.92 Å². The van der Waals surface area contributed by atoms with Crippen LogP contribution in [0.3, 0.4) is 0 Å². The molecule has 0 saturated heterocycles. The topological polar surface area (TPSA) is 102 Å². The minimum Gasteiger partial charge on any atom is -0.492 e. The number of nitrogens with one attached hydrogen (secondary N) is 1. The summed E-state index contributed by atoms with van der Waals surface area (Å²) in [6.45, 7) is 6.47. The molecule has 1 N–H and O–H groups in total. The molecule has 10 heteroatoms. The lowest BCUT2D eigenvalue weighted by Gasteiger charge is -2.20. The highest BCUT2D eigenvalue weighted by Crippen LogP contribution is 2.30. The largest absolute Gasteiger partial charge is 0.492 e. The standard InChI is InChI=1S/C21H25N3O5S2/c1-4-24(5-2)31(26,27)16-9-10-18(28-6-3)17(13-16)23-20(25)12-15-14-30-21(22-15)19-8-7-11-29-19/h7-11,13-14H,4-6,12H2,1-3H3,(H,23,25). The first-order valence-corrected chi connectivity index (χ1v) is 12.3. The number of carbonyl (C=O) groups excluding carboxylic acids is 1. The van der Waals surface area contributed by atoms with Crippen LogP contribution in [-0.2, 0) is 21.2 Å². The SMILES string of the molecule is CCOc1ccc(S(=O)(=O)N(CC)CC)cc1NC(=O)Cc1csc(-c2ccco2)n1. The third kappa shape index (κ3) is 5.33. The summed E-state index contributed by atoms with van der Waals surface area (Å²) in [6, 6.07) is 8.07. The van der Waals surface area contributed by atoms with Crippen LogP contribution in [0.1, 0.15) is 26.5 Å². The molecule has 0 saturated carbocycles. The Morgan fingerprint density at radius 2 is 2.00 bits per heavy atom. The summed E-state index contributed by atoms with van der Waals surface area (Å²) < 4.78 is 38.0. The molecule has 3 aromatic rings. The first kappa shape index (κ1) is 23.0. The Bertz CT molecular complexity index is 1120. The first-order valence-electron chi connectivity index (χ1n) is 9.94. The zero-order valence-corrected chi connectivity index (χ0v) is 19.3. The van der Waals surface area contributed by atoms with Crippen LogP contribution < -0.4 is 10.1 Å². The molecule has 0 aliphatic carbocycles. The molecule has 0 fully saturated rings. The van der Waals surface area contributed by atoms with E-state index < -0.39 is 10.0 Å². The smallest absolute Gasteiger partial charge is 0.243 e. The highest BCUT2D eigenvalue weighted by Gasteiger charge is 2.23. The van der Waals surface area contributed by atoms with Gasteiger partial charge in [0.05, 0.1) is 35.6 Å². The molecular weight excluding hydrogens is 438 g/mol. The maximum Gasteiger partial charge on any atom is 0.243 e. The average molecular weight is 464 g/mol. The number of carbonyl (C=O) groups is 1. The number of ether oxygens (including phenoxy) is 1. The van der Waals surface area contributed by atoms with Crippen molar-refractivity contribution < 1.29 is 22.4 Å². The molecule has 0 bridgehead atoms. The van der Waals surface area contributed by atoms with Crippen molar-refractivity contribution in [2.24, 2.45) is 0 Å². The highest BCUT2D eigenvalue weighted by atomic mass is 32.2. The predicted octanol–water partition coefficient (Wildman–Crippen LogP) is 4.01. The fraction of sp³-hybridized carbons (Fsp3) is 0.333. The zero-order chi connectivity index (χ0) is 22.4. The number of benzene rings is 1. The molecular formula is C21H25N3O5S2. The molecule has 0 radical (unpaired) electrons. The number of aromatic nitrogens is 1. The number of rotatable bonds is 10. The van der Waals surface area contributed by atoms with Gasteiger partial charge in [0.15, 0.2) is 10.8 Å². The van der Waals surface area contributed by atoms with Gasteiger partial charge in [-0.2, -0.15) is 4.31 Å². The van der Waals surface area contributed by atoms with E-state index in [1.54, 1.807) is 43.7 Å². The minimum absolute atomic E-state index is 0.0375. The summed E-state index contributed by atoms with van der Waals surface area (Å²) in [5.74, 6) is 0.725. The molecule has 2 heterocycles. The van der Waals surface area contributed by atoms with Gasteiger partial charge in [-0.15, -0.1) is 11.3 Å². The molecule has 1 amide bonds. The van der Waals surface area contributed by atoms with Crippen LogP contribution >= 0.6 is 11.3 Å². The normalized spacial score (nSPS) is 11.6. The lowest BCUT2D eigenvalue weighted by atomic mass is 10.2. The summed E-state index contributed by atoms with van der Waals surface area (Å²) in [7, 11) is -3.67. The van der Waals surface area contributed by atoms with Gasteiger partial charge in [-0.25, -0.2) is 13.4 Å². The number of furan rings is 1. The second kappa shape index (κ2) is 10.1. The van der Waals surface area contributed by atoms with E-state index in [1.165, 1.54) is 27.8 Å². The summed E-state index contributed by atoms with van der Waals surface area (Å²) in [4.78, 5) is 17.2. The molecule has 8 nitrogen and oxygen atoms in total. The Kier molecular flexibility index (Phi) is 7.47. The Morgan fingerprint density at radius 1 is 1.23 bits per heavy atom. The molecule has 166 valence electrons. The van der Waals surface area contributed by atoms with Crippen molar-refractivity contribution in [3.8, 4) is 16.5 Å². The molecule has 0 aliphatic rings. The average Bonchev–Trinajstić information content (AvgIpc) is 3.42. The van der Waals surface area contributed by atoms with Crippen LogP contribution in [0.15, 0.2) is 51.3 Å². The van der Waals surface area contributed by atoms with Crippen molar-refractivity contribution in [3.63, 3.8) is 0 Å². The fourth-order valence-corrected chi connectivity index (χ4v) is 5.29. The number of hydrogen-bond donors (Lipinski definition) is 1. The van der Waals surface area contributed by atoms with Gasteiger partial charge in [-0.05, 0) is 37.3 Å². The van der Waals surface area contributed by atoms with Crippen molar-refractivity contribution in [2.45, 2.75) is 32.1 Å². The third-order valence-electron chi connectivity index (χ3n) is 4.49. The van der Waals surface area contributed by atoms with Crippen LogP contribution in [0.4, 0.5) is 5.69 Å². The lowest BCUT2D eigenvalue weighted by molar-refractivity contribution is -0.115. The summed E-state index contributed by atoms with van der Waals surface area (Å²) in [5, 5.41) is 5.25. The van der Waals surface area contributed by atoms with E-state index in [0.29, 0.717) is 47.6 Å². The van der Waals surface area contributed by atoms with Crippen LogP contribution in [0, 0.1) is 0 Å². The van der Waals surface area contributed by atoms with Crippen molar-refractivity contribution >= 4 is 33.0 Å². The molecule has 3 rings (SSSR count). The van der Waals surface area contributed by atoms with Crippen LogP contribution in [-0.4, -0.2) is 43.3 Å². The van der Waals surface area contributed by atoms with Crippen molar-refractivity contribution in [2.75, 3.05) is 25.0 Å². The Balaban J connectivity index is 1.81. The van der Waals surface area contributed by atoms with Crippen LogP contribution in [0.2, 0.25) is 0 Å². The number of nitrogens with zero attached hydrogens (tertiary/aromatic N) is 2. The Morgan fingerprint density at radius 3 is 2.65 bits per heavy atom. The minimum atomic E-state index is -3.67. The monoisotopic (exact) mass is 463 g/mol. The van der Waals surface area contributed by atoms with Crippen molar-refractivity contribution in [3.05, 3.63) is 47.7 Å². The Labute approximate surface area is 185 Å². The second-order valence-electron chi connectivity index (χ2n) is 6.53. The van der Waals surface area contributed by atoms with Gasteiger partial charge in [0.2, 0.25) is 15.9 Å². The van der Waals surface area contributed by atoms with Crippen molar-refractivity contribution in [1.29, 1.82) is 0 Å². The number of sulfonamides is 1. The lowest BCUT2D eigenvalue weighted by Crippen LogP contribution is -2.30. The van der Waals surface area contributed by atoms with Gasteiger partial charge in [0, 0.05) is 18.5 Å². The van der Waals surface area contributed by atoms with E-state index in [9.17, 15) is 13.2 Å². The second-order valence-corrected chi connectivity index (χ2v) is 9.32. The number of hydrogen-bond acceptors (Lipinski definition) is 7. The quantitative estimate of drug-likeness (QED) is 0.487. The van der Waals surface area contributed by atoms with Gasteiger partial charge in [0.25, 0.3) is 0 Å². The van der Waals surface area contributed by atoms with Gasteiger partial charge >= 0.3 is 0 Å². The molecule has 31 heavy (non-hydrogen) atoms. The van der Waals surface area contributed by atoms with Gasteiger partial charge in [0.1, 0.15) is 5.75 Å². The maximum absolute atomic E-state index is 12.9. The van der Waals surface area contributed by atoms with Gasteiger partial charge in [-0.3, -0.25) is 4.79 Å². The van der Waals surface area contributed by atoms with Gasteiger partial charge in [-0.1, -0.05) is 13.8 Å². The third-order valence-corrected chi connectivity index (χ3v) is 7.45. The van der Waals surface area contributed by atoms with E-state index in [0.717, 1.165) is 0 Å². The molecule has 0 spiro atoms. The zero-order valence-electron chi connectivity index (χ0n) is 17.6. The summed E-state index contributed by atoms with van der Waals surface area (Å²) in [5.41, 5.74) is 0.903. The Hall–Kier alpha value is -2.69. The van der Waals surface area contributed by atoms with E-state index in [4.69, 9.17) is 9.15 Å². The molecule has 0 unspecified atom stereocenters. The first-order chi connectivity index (χ1) is 14.9.